The van der Waals surface area contributed by atoms with Crippen molar-refractivity contribution in [3.8, 4) is 0 Å². The van der Waals surface area contributed by atoms with E-state index in [1.54, 1.807) is 0 Å². The SMILES string of the molecule is CCOC(C1CC(C)C2C(O1)C(O)C1(C)C3CCC4C(C)(C)C(OC5CN(CC)CCO5)CCC45CC35CCC21C)C(C)(C)O. The molecule has 5 saturated carbocycles. The number of likely N-dealkylation sites (N-methyl/N-ethyl adjacent to an activating group) is 1. The molecule has 7 nitrogen and oxygen atoms in total. The Balaban J connectivity index is 1.14. The molecule has 5 aliphatic carbocycles. The van der Waals surface area contributed by atoms with Crippen LogP contribution in [-0.4, -0.2) is 90.4 Å². The Morgan fingerprint density at radius 1 is 1.00 bits per heavy atom. The largest absolute Gasteiger partial charge is 0.390 e. The van der Waals surface area contributed by atoms with Gasteiger partial charge in [-0.3, -0.25) is 4.90 Å². The van der Waals surface area contributed by atoms with Crippen molar-refractivity contribution >= 4 is 0 Å². The maximum atomic E-state index is 12.6. The van der Waals surface area contributed by atoms with Gasteiger partial charge in [0.1, 0.15) is 6.10 Å². The van der Waals surface area contributed by atoms with Crippen LogP contribution >= 0.6 is 0 Å². The van der Waals surface area contributed by atoms with Crippen LogP contribution in [0.15, 0.2) is 0 Å². The van der Waals surface area contributed by atoms with Crippen molar-refractivity contribution in [3.63, 3.8) is 0 Å². The van der Waals surface area contributed by atoms with E-state index >= 15 is 0 Å². The number of ether oxygens (including phenoxy) is 4. The predicted molar refractivity (Wildman–Crippen MR) is 175 cm³/mol. The summed E-state index contributed by atoms with van der Waals surface area (Å²) in [5.74, 6) is 1.88. The van der Waals surface area contributed by atoms with Gasteiger partial charge in [-0.2, -0.15) is 0 Å². The van der Waals surface area contributed by atoms with Crippen LogP contribution in [0.4, 0.5) is 0 Å². The molecular formula is C38H65NO6. The van der Waals surface area contributed by atoms with Gasteiger partial charge in [0.05, 0.1) is 36.6 Å². The summed E-state index contributed by atoms with van der Waals surface area (Å²) in [6.45, 7) is 24.5. The van der Waals surface area contributed by atoms with E-state index in [-0.39, 0.29) is 40.8 Å². The monoisotopic (exact) mass is 631 g/mol. The molecule has 0 bridgehead atoms. The molecule has 0 amide bonds. The summed E-state index contributed by atoms with van der Waals surface area (Å²) in [4.78, 5) is 2.45. The van der Waals surface area contributed by atoms with Crippen molar-refractivity contribution in [2.45, 2.75) is 156 Å². The number of fused-ring (bicyclic) bond motifs is 4. The van der Waals surface area contributed by atoms with Crippen LogP contribution in [-0.2, 0) is 18.9 Å². The first-order chi connectivity index (χ1) is 21.1. The second kappa shape index (κ2) is 10.9. The molecule has 0 aromatic carbocycles. The smallest absolute Gasteiger partial charge is 0.170 e. The molecule has 2 spiro atoms. The van der Waals surface area contributed by atoms with Gasteiger partial charge in [0.15, 0.2) is 6.29 Å². The normalized spacial score (nSPS) is 53.0. The summed E-state index contributed by atoms with van der Waals surface area (Å²) in [6, 6.07) is 0. The molecule has 14 atom stereocenters. The van der Waals surface area contributed by atoms with Gasteiger partial charge in [-0.25, -0.2) is 0 Å². The van der Waals surface area contributed by atoms with Gasteiger partial charge in [-0.1, -0.05) is 41.5 Å². The first-order valence-electron chi connectivity index (χ1n) is 18.8. The number of rotatable bonds is 7. The summed E-state index contributed by atoms with van der Waals surface area (Å²) in [6.07, 6.45) is 8.23. The zero-order valence-electron chi connectivity index (χ0n) is 29.9. The van der Waals surface area contributed by atoms with Crippen LogP contribution in [0.1, 0.15) is 114 Å². The molecule has 2 heterocycles. The fourth-order valence-electron chi connectivity index (χ4n) is 13.9. The van der Waals surface area contributed by atoms with E-state index in [4.69, 9.17) is 18.9 Å². The molecule has 258 valence electrons. The minimum absolute atomic E-state index is 0.0309. The van der Waals surface area contributed by atoms with Gasteiger partial charge in [0.25, 0.3) is 0 Å². The Morgan fingerprint density at radius 2 is 1.71 bits per heavy atom. The lowest BCUT2D eigenvalue weighted by molar-refractivity contribution is -0.248. The molecule has 7 rings (SSSR count). The number of nitrogens with zero attached hydrogens (tertiary/aromatic N) is 1. The molecule has 7 heteroatoms. The lowest BCUT2D eigenvalue weighted by Crippen LogP contribution is -2.60. The van der Waals surface area contributed by atoms with Gasteiger partial charge >= 0.3 is 0 Å². The standard InChI is InChI=1S/C38H65NO6/c1-10-39-18-19-43-28(21-39)45-27-14-15-37-22-38(37)17-16-35(8)29-23(3)20-24(32(42-11-2)34(6,7)41)44-30(29)31(40)36(35,9)26(38)13-12-25(37)33(27,4)5/h23-32,40-41H,10-22H2,1-9H3. The molecule has 2 N–H and O–H groups in total. The van der Waals surface area contributed by atoms with Crippen molar-refractivity contribution in [1.82, 2.24) is 4.90 Å². The number of aliphatic hydroxyl groups excluding tert-OH is 1. The third kappa shape index (κ3) is 4.45. The van der Waals surface area contributed by atoms with Gasteiger partial charge in [0, 0.05) is 25.1 Å². The van der Waals surface area contributed by atoms with Crippen LogP contribution in [0.3, 0.4) is 0 Å². The highest BCUT2D eigenvalue weighted by Crippen LogP contribution is 2.89. The predicted octanol–water partition coefficient (Wildman–Crippen LogP) is 6.04. The number of hydrogen-bond acceptors (Lipinski definition) is 7. The lowest BCUT2D eigenvalue weighted by atomic mass is 9.41. The van der Waals surface area contributed by atoms with E-state index < -0.39 is 17.8 Å². The van der Waals surface area contributed by atoms with E-state index in [0.29, 0.717) is 41.1 Å². The maximum Gasteiger partial charge on any atom is 0.170 e. The van der Waals surface area contributed by atoms with Crippen LogP contribution in [0.25, 0.3) is 0 Å². The van der Waals surface area contributed by atoms with Crippen LogP contribution in [0.5, 0.6) is 0 Å². The van der Waals surface area contributed by atoms with Crippen molar-refractivity contribution in [2.24, 2.45) is 50.7 Å². The highest BCUT2D eigenvalue weighted by Gasteiger charge is 2.84. The first kappa shape index (κ1) is 33.2. The molecular weight excluding hydrogens is 566 g/mol. The van der Waals surface area contributed by atoms with Crippen molar-refractivity contribution < 1.29 is 29.2 Å². The van der Waals surface area contributed by atoms with Gasteiger partial charge in [-0.15, -0.1) is 0 Å². The quantitative estimate of drug-likeness (QED) is 0.355. The third-order valence-corrected chi connectivity index (χ3v) is 16.0. The number of aliphatic hydroxyl groups is 2. The molecule has 0 aromatic rings. The average Bonchev–Trinajstić information content (AvgIpc) is 3.61. The number of morpholine rings is 1. The molecule has 7 aliphatic rings. The Morgan fingerprint density at radius 3 is 2.40 bits per heavy atom. The summed E-state index contributed by atoms with van der Waals surface area (Å²) in [5, 5.41) is 23.6. The van der Waals surface area contributed by atoms with E-state index in [0.717, 1.165) is 39.1 Å². The van der Waals surface area contributed by atoms with Crippen molar-refractivity contribution in [1.29, 1.82) is 0 Å². The zero-order chi connectivity index (χ0) is 32.4. The lowest BCUT2D eigenvalue weighted by Gasteiger charge is -2.64. The second-order valence-corrected chi connectivity index (χ2v) is 18.4. The average molecular weight is 632 g/mol. The van der Waals surface area contributed by atoms with E-state index in [1.807, 2.05) is 20.8 Å². The summed E-state index contributed by atoms with van der Waals surface area (Å²) >= 11 is 0. The van der Waals surface area contributed by atoms with Gasteiger partial charge in [0.2, 0.25) is 0 Å². The Labute approximate surface area is 273 Å². The molecule has 2 aliphatic heterocycles. The van der Waals surface area contributed by atoms with Crippen LogP contribution in [0.2, 0.25) is 0 Å². The fourth-order valence-corrected chi connectivity index (χ4v) is 13.9. The minimum Gasteiger partial charge on any atom is -0.390 e. The summed E-state index contributed by atoms with van der Waals surface area (Å²) in [5.41, 5.74) is -0.367. The van der Waals surface area contributed by atoms with E-state index in [2.05, 4.69) is 46.4 Å². The van der Waals surface area contributed by atoms with Crippen LogP contribution in [0, 0.1) is 50.7 Å². The highest BCUT2D eigenvalue weighted by molar-refractivity contribution is 5.33. The Bertz CT molecular complexity index is 1120. The van der Waals surface area contributed by atoms with E-state index in [1.165, 1.54) is 38.5 Å². The zero-order valence-corrected chi connectivity index (χ0v) is 29.9. The molecule has 0 radical (unpaired) electrons. The fraction of sp³-hybridized carbons (Fsp3) is 1.00. The molecule has 14 unspecified atom stereocenters. The van der Waals surface area contributed by atoms with Gasteiger partial charge in [-0.05, 0) is 124 Å². The molecule has 2 saturated heterocycles. The molecule has 45 heavy (non-hydrogen) atoms. The van der Waals surface area contributed by atoms with Gasteiger partial charge < -0.3 is 29.2 Å². The molecule has 0 aromatic heterocycles. The first-order valence-corrected chi connectivity index (χ1v) is 18.8. The minimum atomic E-state index is -1.01. The molecule has 7 fully saturated rings. The van der Waals surface area contributed by atoms with E-state index in [9.17, 15) is 10.2 Å². The van der Waals surface area contributed by atoms with Crippen LogP contribution < -0.4 is 0 Å². The second-order valence-electron chi connectivity index (χ2n) is 18.4. The Hall–Kier alpha value is -0.280. The third-order valence-electron chi connectivity index (χ3n) is 16.0. The highest BCUT2D eigenvalue weighted by atomic mass is 16.7. The topological polar surface area (TPSA) is 80.6 Å². The summed E-state index contributed by atoms with van der Waals surface area (Å²) < 4.78 is 26.1. The number of hydrogen-bond donors (Lipinski definition) is 2. The van der Waals surface area contributed by atoms with Crippen molar-refractivity contribution in [2.75, 3.05) is 32.8 Å². The Kier molecular flexibility index (Phi) is 8.02. The summed E-state index contributed by atoms with van der Waals surface area (Å²) in [7, 11) is 0. The maximum absolute atomic E-state index is 12.6. The van der Waals surface area contributed by atoms with Crippen molar-refractivity contribution in [3.05, 3.63) is 0 Å².